The van der Waals surface area contributed by atoms with Crippen molar-refractivity contribution in [1.29, 1.82) is 0 Å². The van der Waals surface area contributed by atoms with E-state index < -0.39 is 0 Å². The molecule has 0 aliphatic carbocycles. The normalized spacial score (nSPS) is 9.40. The van der Waals surface area contributed by atoms with Crippen molar-refractivity contribution >= 4 is 0 Å². The third-order valence-corrected chi connectivity index (χ3v) is 1.32. The number of rotatable bonds is 6. The highest BCUT2D eigenvalue weighted by atomic mass is 16.5. The maximum atomic E-state index is 4.87. The Kier molecular flexibility index (Phi) is 6.29. The predicted molar refractivity (Wildman–Crippen MR) is 43.9 cm³/mol. The number of hydrogen-bond acceptors (Lipinski definition) is 2. The SMILES string of the molecule is C=C(CNCCCC)OC. The number of unbranched alkanes of at least 4 members (excludes halogenated alkanes) is 1. The third-order valence-electron chi connectivity index (χ3n) is 1.32. The minimum atomic E-state index is 0.774. The predicted octanol–water partition coefficient (Wildman–Crippen LogP) is 1.54. The van der Waals surface area contributed by atoms with E-state index in [-0.39, 0.29) is 0 Å². The molecule has 0 atom stereocenters. The molecule has 2 nitrogen and oxygen atoms in total. The summed E-state index contributed by atoms with van der Waals surface area (Å²) >= 11 is 0. The van der Waals surface area contributed by atoms with E-state index in [0.29, 0.717) is 0 Å². The van der Waals surface area contributed by atoms with Gasteiger partial charge in [-0.3, -0.25) is 0 Å². The fourth-order valence-electron chi connectivity index (χ4n) is 0.602. The maximum absolute atomic E-state index is 4.87. The second-order valence-corrected chi connectivity index (χ2v) is 2.27. The lowest BCUT2D eigenvalue weighted by atomic mass is 10.3. The van der Waals surface area contributed by atoms with Gasteiger partial charge < -0.3 is 10.1 Å². The Balaban J connectivity index is 2.96. The number of methoxy groups -OCH3 is 1. The first-order chi connectivity index (χ1) is 4.81. The van der Waals surface area contributed by atoms with Crippen molar-refractivity contribution in [3.63, 3.8) is 0 Å². The fraction of sp³-hybridized carbons (Fsp3) is 0.750. The Hall–Kier alpha value is -0.500. The van der Waals surface area contributed by atoms with Crippen LogP contribution in [0.5, 0.6) is 0 Å². The van der Waals surface area contributed by atoms with Gasteiger partial charge in [-0.2, -0.15) is 0 Å². The molecule has 0 bridgehead atoms. The summed E-state index contributed by atoms with van der Waals surface area (Å²) in [6.45, 7) is 7.69. The molecular weight excluding hydrogens is 126 g/mol. The Morgan fingerprint density at radius 1 is 1.60 bits per heavy atom. The van der Waals surface area contributed by atoms with Crippen molar-refractivity contribution in [2.45, 2.75) is 19.8 Å². The first-order valence-electron chi connectivity index (χ1n) is 3.73. The fourth-order valence-corrected chi connectivity index (χ4v) is 0.602. The summed E-state index contributed by atoms with van der Waals surface area (Å²) in [4.78, 5) is 0. The van der Waals surface area contributed by atoms with Gasteiger partial charge in [0.05, 0.1) is 13.7 Å². The summed E-state index contributed by atoms with van der Waals surface area (Å²) in [6, 6.07) is 0. The van der Waals surface area contributed by atoms with Crippen LogP contribution in [-0.4, -0.2) is 20.2 Å². The molecule has 0 spiro atoms. The van der Waals surface area contributed by atoms with E-state index in [1.54, 1.807) is 7.11 Å². The van der Waals surface area contributed by atoms with Gasteiger partial charge in [-0.05, 0) is 13.0 Å². The molecule has 0 rings (SSSR count). The van der Waals surface area contributed by atoms with Crippen LogP contribution in [0.3, 0.4) is 0 Å². The van der Waals surface area contributed by atoms with Crippen LogP contribution >= 0.6 is 0 Å². The molecule has 2 heteroatoms. The van der Waals surface area contributed by atoms with Crippen LogP contribution in [0.25, 0.3) is 0 Å². The van der Waals surface area contributed by atoms with E-state index >= 15 is 0 Å². The lowest BCUT2D eigenvalue weighted by Crippen LogP contribution is -2.18. The van der Waals surface area contributed by atoms with Crippen molar-refractivity contribution in [3.8, 4) is 0 Å². The Morgan fingerprint density at radius 3 is 2.80 bits per heavy atom. The van der Waals surface area contributed by atoms with Crippen LogP contribution in [-0.2, 0) is 4.74 Å². The van der Waals surface area contributed by atoms with Crippen LogP contribution in [0.2, 0.25) is 0 Å². The highest BCUT2D eigenvalue weighted by Crippen LogP contribution is 1.87. The van der Waals surface area contributed by atoms with E-state index in [0.717, 1.165) is 18.8 Å². The minimum absolute atomic E-state index is 0.774. The van der Waals surface area contributed by atoms with E-state index in [9.17, 15) is 0 Å². The third kappa shape index (κ3) is 5.63. The van der Waals surface area contributed by atoms with Gasteiger partial charge in [-0.15, -0.1) is 0 Å². The van der Waals surface area contributed by atoms with Crippen molar-refractivity contribution in [2.24, 2.45) is 0 Å². The van der Waals surface area contributed by atoms with Gasteiger partial charge in [0.15, 0.2) is 0 Å². The summed E-state index contributed by atoms with van der Waals surface area (Å²) in [5, 5.41) is 3.21. The van der Waals surface area contributed by atoms with Crippen molar-refractivity contribution in [2.75, 3.05) is 20.2 Å². The zero-order valence-electron chi connectivity index (χ0n) is 6.94. The number of nitrogens with one attached hydrogen (secondary N) is 1. The zero-order chi connectivity index (χ0) is 7.82. The van der Waals surface area contributed by atoms with Gasteiger partial charge in [0, 0.05) is 0 Å². The summed E-state index contributed by atoms with van der Waals surface area (Å²) in [5.74, 6) is 0.802. The quantitative estimate of drug-likeness (QED) is 0.450. The van der Waals surface area contributed by atoms with E-state index in [1.807, 2.05) is 0 Å². The molecule has 60 valence electrons. The first-order valence-corrected chi connectivity index (χ1v) is 3.73. The molecule has 0 amide bonds. The lowest BCUT2D eigenvalue weighted by Gasteiger charge is -2.04. The van der Waals surface area contributed by atoms with Crippen LogP contribution < -0.4 is 5.32 Å². The molecule has 0 saturated heterocycles. The second kappa shape index (κ2) is 6.62. The molecule has 0 heterocycles. The van der Waals surface area contributed by atoms with Crippen LogP contribution in [0, 0.1) is 0 Å². The van der Waals surface area contributed by atoms with E-state index in [1.165, 1.54) is 12.8 Å². The molecule has 0 aromatic rings. The highest BCUT2D eigenvalue weighted by molar-refractivity contribution is 4.83. The molecule has 0 unspecified atom stereocenters. The molecule has 0 aliphatic rings. The largest absolute Gasteiger partial charge is 0.500 e. The lowest BCUT2D eigenvalue weighted by molar-refractivity contribution is 0.281. The Bertz CT molecular complexity index is 91.3. The molecule has 0 fully saturated rings. The standard InChI is InChI=1S/C8H17NO/c1-4-5-6-9-7-8(2)10-3/h9H,2,4-7H2,1,3H3. The maximum Gasteiger partial charge on any atom is 0.102 e. The topological polar surface area (TPSA) is 21.3 Å². The van der Waals surface area contributed by atoms with Crippen LogP contribution in [0.15, 0.2) is 12.3 Å². The van der Waals surface area contributed by atoms with Crippen LogP contribution in [0.4, 0.5) is 0 Å². The Morgan fingerprint density at radius 2 is 2.30 bits per heavy atom. The molecule has 0 aromatic carbocycles. The van der Waals surface area contributed by atoms with Gasteiger partial charge in [0.25, 0.3) is 0 Å². The monoisotopic (exact) mass is 143 g/mol. The first kappa shape index (κ1) is 9.50. The summed E-state index contributed by atoms with van der Waals surface area (Å²) < 4.78 is 4.87. The summed E-state index contributed by atoms with van der Waals surface area (Å²) in [7, 11) is 1.64. The molecular formula is C8H17NO. The molecule has 10 heavy (non-hydrogen) atoms. The highest BCUT2D eigenvalue weighted by Gasteiger charge is 1.89. The summed E-state index contributed by atoms with van der Waals surface area (Å²) in [6.07, 6.45) is 2.45. The van der Waals surface area contributed by atoms with Crippen molar-refractivity contribution in [1.82, 2.24) is 5.32 Å². The average Bonchev–Trinajstić information content (AvgIpc) is 1.98. The average molecular weight is 143 g/mol. The van der Waals surface area contributed by atoms with Crippen molar-refractivity contribution in [3.05, 3.63) is 12.3 Å². The molecule has 0 aliphatic heterocycles. The minimum Gasteiger partial charge on any atom is -0.500 e. The van der Waals surface area contributed by atoms with Gasteiger partial charge in [-0.1, -0.05) is 19.9 Å². The van der Waals surface area contributed by atoms with E-state index in [2.05, 4.69) is 18.8 Å². The van der Waals surface area contributed by atoms with Gasteiger partial charge in [0.2, 0.25) is 0 Å². The zero-order valence-corrected chi connectivity index (χ0v) is 6.94. The molecule has 0 radical (unpaired) electrons. The Labute approximate surface area is 63.3 Å². The van der Waals surface area contributed by atoms with E-state index in [4.69, 9.17) is 4.74 Å². The second-order valence-electron chi connectivity index (χ2n) is 2.27. The molecule has 0 aromatic heterocycles. The van der Waals surface area contributed by atoms with Gasteiger partial charge in [0.1, 0.15) is 5.76 Å². The number of ether oxygens (including phenoxy) is 1. The van der Waals surface area contributed by atoms with Gasteiger partial charge in [-0.25, -0.2) is 0 Å². The molecule has 1 N–H and O–H groups in total. The van der Waals surface area contributed by atoms with Gasteiger partial charge >= 0.3 is 0 Å². The van der Waals surface area contributed by atoms with Crippen LogP contribution in [0.1, 0.15) is 19.8 Å². The summed E-state index contributed by atoms with van der Waals surface area (Å²) in [5.41, 5.74) is 0. The number of hydrogen-bond donors (Lipinski definition) is 1. The van der Waals surface area contributed by atoms with Crippen molar-refractivity contribution < 1.29 is 4.74 Å². The smallest absolute Gasteiger partial charge is 0.102 e. The molecule has 0 saturated carbocycles.